The number of hydrogen-bond acceptors (Lipinski definition) is 5. The summed E-state index contributed by atoms with van der Waals surface area (Å²) in [6, 6.07) is 5.52. The molecule has 3 amide bonds. The molecule has 0 bridgehead atoms. The molecule has 4 atom stereocenters. The Morgan fingerprint density at radius 3 is 2.32 bits per heavy atom. The average Bonchev–Trinajstić information content (AvgIpc) is 2.92. The molecule has 1 heterocycles. The average molecular weight is 407 g/mol. The first-order valence-electron chi connectivity index (χ1n) is 9.43. The van der Waals surface area contributed by atoms with Crippen LogP contribution in [0.5, 0.6) is 0 Å². The standard InChI is InChI=1S/C20H23ClN2O5/c1-11(23-18(25)15-8-3-4-9-16(15)19(23)26)20(27)28-12(2)17(24)22-14-7-5-6-13(21)10-14/h5-7,10-12,15-16H,3-4,8-9H2,1-2H3,(H,22,24)/t11-,12+,15-,16-/m0/s1. The second-order valence-corrected chi connectivity index (χ2v) is 7.74. The zero-order valence-electron chi connectivity index (χ0n) is 15.8. The van der Waals surface area contributed by atoms with Crippen molar-refractivity contribution in [3.63, 3.8) is 0 Å². The monoisotopic (exact) mass is 406 g/mol. The Balaban J connectivity index is 1.61. The molecule has 0 aromatic heterocycles. The molecule has 1 aromatic carbocycles. The molecule has 1 saturated heterocycles. The Morgan fingerprint density at radius 1 is 1.14 bits per heavy atom. The van der Waals surface area contributed by atoms with Crippen molar-refractivity contribution >= 4 is 41.0 Å². The Labute approximate surface area is 168 Å². The van der Waals surface area contributed by atoms with Gasteiger partial charge in [-0.2, -0.15) is 0 Å². The van der Waals surface area contributed by atoms with Crippen LogP contribution in [0.2, 0.25) is 5.02 Å². The van der Waals surface area contributed by atoms with Gasteiger partial charge in [-0.05, 0) is 44.9 Å². The summed E-state index contributed by atoms with van der Waals surface area (Å²) >= 11 is 5.88. The van der Waals surface area contributed by atoms with E-state index in [0.717, 1.165) is 17.7 Å². The fourth-order valence-corrected chi connectivity index (χ4v) is 4.00. The van der Waals surface area contributed by atoms with Crippen LogP contribution < -0.4 is 5.32 Å². The summed E-state index contributed by atoms with van der Waals surface area (Å²) in [7, 11) is 0. The number of carbonyl (C=O) groups is 4. The second-order valence-electron chi connectivity index (χ2n) is 7.30. The van der Waals surface area contributed by atoms with E-state index in [2.05, 4.69) is 5.32 Å². The lowest BCUT2D eigenvalue weighted by atomic mass is 9.81. The van der Waals surface area contributed by atoms with Crippen LogP contribution in [-0.2, 0) is 23.9 Å². The zero-order valence-corrected chi connectivity index (χ0v) is 16.6. The minimum absolute atomic E-state index is 0.310. The molecule has 1 aromatic rings. The summed E-state index contributed by atoms with van der Waals surface area (Å²) < 4.78 is 5.21. The van der Waals surface area contributed by atoms with E-state index in [1.165, 1.54) is 13.8 Å². The van der Waals surface area contributed by atoms with Gasteiger partial charge < -0.3 is 10.1 Å². The fourth-order valence-electron chi connectivity index (χ4n) is 3.81. The first-order chi connectivity index (χ1) is 13.3. The number of nitrogens with zero attached hydrogens (tertiary/aromatic N) is 1. The van der Waals surface area contributed by atoms with Crippen LogP contribution >= 0.6 is 11.6 Å². The van der Waals surface area contributed by atoms with Crippen LogP contribution in [0.25, 0.3) is 0 Å². The molecular formula is C20H23ClN2O5. The van der Waals surface area contributed by atoms with Crippen molar-refractivity contribution in [3.8, 4) is 0 Å². The van der Waals surface area contributed by atoms with E-state index in [1.54, 1.807) is 24.3 Å². The summed E-state index contributed by atoms with van der Waals surface area (Å²) in [6.07, 6.45) is 2.07. The summed E-state index contributed by atoms with van der Waals surface area (Å²) in [5.74, 6) is -2.60. The van der Waals surface area contributed by atoms with Crippen molar-refractivity contribution in [2.45, 2.75) is 51.7 Å². The summed E-state index contributed by atoms with van der Waals surface area (Å²) in [5.41, 5.74) is 0.474. The van der Waals surface area contributed by atoms with Crippen LogP contribution in [0.3, 0.4) is 0 Å². The predicted octanol–water partition coefficient (Wildman–Crippen LogP) is 2.77. The van der Waals surface area contributed by atoms with Crippen LogP contribution in [0, 0.1) is 11.8 Å². The number of rotatable bonds is 5. The van der Waals surface area contributed by atoms with Gasteiger partial charge in [-0.3, -0.25) is 19.3 Å². The molecule has 0 radical (unpaired) electrons. The highest BCUT2D eigenvalue weighted by atomic mass is 35.5. The van der Waals surface area contributed by atoms with E-state index in [4.69, 9.17) is 16.3 Å². The van der Waals surface area contributed by atoms with Crippen LogP contribution in [0.4, 0.5) is 5.69 Å². The van der Waals surface area contributed by atoms with E-state index < -0.39 is 24.0 Å². The van der Waals surface area contributed by atoms with Gasteiger partial charge in [0.25, 0.3) is 5.91 Å². The van der Waals surface area contributed by atoms with Gasteiger partial charge in [0.1, 0.15) is 6.04 Å². The lowest BCUT2D eigenvalue weighted by Crippen LogP contribution is -2.46. The van der Waals surface area contributed by atoms with Crippen molar-refractivity contribution in [2.24, 2.45) is 11.8 Å². The summed E-state index contributed by atoms with van der Waals surface area (Å²) in [4.78, 5) is 50.9. The number of ether oxygens (including phenoxy) is 1. The van der Waals surface area contributed by atoms with E-state index >= 15 is 0 Å². The highest BCUT2D eigenvalue weighted by Gasteiger charge is 2.51. The van der Waals surface area contributed by atoms with E-state index in [1.807, 2.05) is 0 Å². The molecule has 150 valence electrons. The number of amides is 3. The Kier molecular flexibility index (Phi) is 6.03. The molecule has 3 rings (SSSR count). The van der Waals surface area contributed by atoms with Gasteiger partial charge in [0.2, 0.25) is 11.8 Å². The smallest absolute Gasteiger partial charge is 0.329 e. The topological polar surface area (TPSA) is 92.8 Å². The molecule has 2 fully saturated rings. The number of carbonyl (C=O) groups excluding carboxylic acids is 4. The number of hydrogen-bond donors (Lipinski definition) is 1. The lowest BCUT2D eigenvalue weighted by Gasteiger charge is -2.23. The molecule has 1 N–H and O–H groups in total. The molecule has 8 heteroatoms. The molecule has 0 unspecified atom stereocenters. The third-order valence-corrected chi connectivity index (χ3v) is 5.59. The first kappa shape index (κ1) is 20.3. The van der Waals surface area contributed by atoms with Crippen LogP contribution in [-0.4, -0.2) is 40.7 Å². The van der Waals surface area contributed by atoms with Gasteiger partial charge >= 0.3 is 5.97 Å². The number of halogens is 1. The van der Waals surface area contributed by atoms with Gasteiger partial charge in [-0.1, -0.05) is 30.5 Å². The number of nitrogens with one attached hydrogen (secondary N) is 1. The molecule has 28 heavy (non-hydrogen) atoms. The predicted molar refractivity (Wildman–Crippen MR) is 102 cm³/mol. The molecule has 2 aliphatic rings. The van der Waals surface area contributed by atoms with Crippen molar-refractivity contribution in [1.29, 1.82) is 0 Å². The number of benzene rings is 1. The maximum absolute atomic E-state index is 12.6. The van der Waals surface area contributed by atoms with Gasteiger partial charge in [0.15, 0.2) is 6.10 Å². The van der Waals surface area contributed by atoms with Gasteiger partial charge in [-0.15, -0.1) is 0 Å². The largest absolute Gasteiger partial charge is 0.451 e. The summed E-state index contributed by atoms with van der Waals surface area (Å²) in [6.45, 7) is 2.88. The van der Waals surface area contributed by atoms with E-state index in [-0.39, 0.29) is 23.7 Å². The van der Waals surface area contributed by atoms with Crippen molar-refractivity contribution in [2.75, 3.05) is 5.32 Å². The Bertz CT molecular complexity index is 788. The van der Waals surface area contributed by atoms with Gasteiger partial charge in [0, 0.05) is 10.7 Å². The molecule has 0 spiro atoms. The van der Waals surface area contributed by atoms with E-state index in [9.17, 15) is 19.2 Å². The maximum atomic E-state index is 12.6. The second kappa shape index (κ2) is 8.31. The minimum Gasteiger partial charge on any atom is -0.451 e. The van der Waals surface area contributed by atoms with Crippen molar-refractivity contribution in [3.05, 3.63) is 29.3 Å². The first-order valence-corrected chi connectivity index (χ1v) is 9.81. The number of imide groups is 1. The molecular weight excluding hydrogens is 384 g/mol. The zero-order chi connectivity index (χ0) is 20.4. The van der Waals surface area contributed by atoms with Crippen molar-refractivity contribution < 1.29 is 23.9 Å². The van der Waals surface area contributed by atoms with Gasteiger partial charge in [-0.25, -0.2) is 4.79 Å². The van der Waals surface area contributed by atoms with E-state index in [0.29, 0.717) is 23.6 Å². The number of esters is 1. The Hall–Kier alpha value is -2.41. The quantitative estimate of drug-likeness (QED) is 0.599. The minimum atomic E-state index is -1.09. The SMILES string of the molecule is C[C@@H](OC(=O)[C@H](C)N1C(=O)[C@H]2CCCC[C@@H]2C1=O)C(=O)Nc1cccc(Cl)c1. The Morgan fingerprint density at radius 2 is 1.75 bits per heavy atom. The maximum Gasteiger partial charge on any atom is 0.329 e. The molecule has 7 nitrogen and oxygen atoms in total. The lowest BCUT2D eigenvalue weighted by molar-refractivity contribution is -0.163. The highest BCUT2D eigenvalue weighted by molar-refractivity contribution is 6.30. The highest BCUT2D eigenvalue weighted by Crippen LogP contribution is 2.38. The molecule has 1 aliphatic heterocycles. The number of anilines is 1. The molecule has 1 aliphatic carbocycles. The van der Waals surface area contributed by atoms with Crippen LogP contribution in [0.15, 0.2) is 24.3 Å². The fraction of sp³-hybridized carbons (Fsp3) is 0.500. The molecule has 1 saturated carbocycles. The number of fused-ring (bicyclic) bond motifs is 1. The third-order valence-electron chi connectivity index (χ3n) is 5.36. The third kappa shape index (κ3) is 4.04. The normalized spacial score (nSPS) is 23.8. The van der Waals surface area contributed by atoms with Crippen LogP contribution in [0.1, 0.15) is 39.5 Å². The van der Waals surface area contributed by atoms with Crippen molar-refractivity contribution in [1.82, 2.24) is 4.90 Å². The number of likely N-dealkylation sites (tertiary alicyclic amines) is 1. The summed E-state index contributed by atoms with van der Waals surface area (Å²) in [5, 5.41) is 3.07. The van der Waals surface area contributed by atoms with Gasteiger partial charge in [0.05, 0.1) is 11.8 Å².